The maximum atomic E-state index is 12.7. The predicted molar refractivity (Wildman–Crippen MR) is 94.6 cm³/mol. The van der Waals surface area contributed by atoms with E-state index in [2.05, 4.69) is 0 Å². The van der Waals surface area contributed by atoms with Crippen LogP contribution in [-0.4, -0.2) is 45.5 Å². The third-order valence-corrected chi connectivity index (χ3v) is 4.80. The summed E-state index contributed by atoms with van der Waals surface area (Å²) in [5.74, 6) is -0.217. The second-order valence-electron chi connectivity index (χ2n) is 6.95. The minimum absolute atomic E-state index is 0.167. The summed E-state index contributed by atoms with van der Waals surface area (Å²) < 4.78 is 0. The number of carbonyl (C=O) groups is 2. The molecule has 0 radical (unpaired) electrons. The van der Waals surface area contributed by atoms with Crippen molar-refractivity contribution in [2.45, 2.75) is 45.2 Å². The number of benzene rings is 1. The molecule has 5 nitrogen and oxygen atoms in total. The summed E-state index contributed by atoms with van der Waals surface area (Å²) in [5, 5.41) is 10.5. The lowest BCUT2D eigenvalue weighted by Crippen LogP contribution is -2.50. The van der Waals surface area contributed by atoms with Crippen LogP contribution in [-0.2, 0) is 4.79 Å². The molecular weight excluding hydrogens is 351 g/mol. The molecule has 1 aliphatic rings. The molecule has 2 amide bonds. The van der Waals surface area contributed by atoms with Gasteiger partial charge in [-0.05, 0) is 57.4 Å². The van der Waals surface area contributed by atoms with Gasteiger partial charge < -0.3 is 10.0 Å². The fraction of sp³-hybridized carbons (Fsp3) is 0.529. The van der Waals surface area contributed by atoms with Crippen molar-refractivity contribution in [2.24, 2.45) is 0 Å². The van der Waals surface area contributed by atoms with Gasteiger partial charge >= 0.3 is 6.09 Å². The standard InChI is InChI=1S/C17H22Cl2N2O3/c1-17(2,3)21(16(23)24)10-15(22)20-8-4-5-14(20)12-9-11(18)6-7-13(12)19/h6-7,9,14H,4-5,8,10H2,1-3H3,(H,23,24)/t14-/m1/s1. The fourth-order valence-electron chi connectivity index (χ4n) is 2.98. The second-order valence-corrected chi connectivity index (χ2v) is 7.79. The number of carbonyl (C=O) groups excluding carboxylic acids is 1. The average Bonchev–Trinajstić information content (AvgIpc) is 2.94. The molecule has 1 aromatic rings. The van der Waals surface area contributed by atoms with E-state index in [0.717, 1.165) is 23.3 Å². The highest BCUT2D eigenvalue weighted by Gasteiger charge is 2.35. The van der Waals surface area contributed by atoms with Crippen molar-refractivity contribution >= 4 is 35.2 Å². The van der Waals surface area contributed by atoms with Gasteiger partial charge in [-0.2, -0.15) is 0 Å². The zero-order chi connectivity index (χ0) is 18.1. The summed E-state index contributed by atoms with van der Waals surface area (Å²) in [7, 11) is 0. The van der Waals surface area contributed by atoms with Crippen LogP contribution in [0.2, 0.25) is 10.0 Å². The molecule has 1 atom stereocenters. The molecule has 0 unspecified atom stereocenters. The molecule has 0 aliphatic carbocycles. The molecule has 24 heavy (non-hydrogen) atoms. The number of nitrogens with zero attached hydrogens (tertiary/aromatic N) is 2. The zero-order valence-corrected chi connectivity index (χ0v) is 15.6. The molecule has 7 heteroatoms. The first-order valence-electron chi connectivity index (χ1n) is 7.86. The molecule has 2 rings (SSSR count). The average molecular weight is 373 g/mol. The number of carboxylic acid groups (broad SMARTS) is 1. The van der Waals surface area contributed by atoms with E-state index in [1.54, 1.807) is 43.9 Å². The summed E-state index contributed by atoms with van der Waals surface area (Å²) >= 11 is 12.3. The van der Waals surface area contributed by atoms with Crippen LogP contribution in [0.3, 0.4) is 0 Å². The lowest BCUT2D eigenvalue weighted by molar-refractivity contribution is -0.134. The first-order valence-corrected chi connectivity index (χ1v) is 8.62. The van der Waals surface area contributed by atoms with Crippen LogP contribution in [0.4, 0.5) is 4.79 Å². The number of likely N-dealkylation sites (tertiary alicyclic amines) is 1. The number of hydrogen-bond acceptors (Lipinski definition) is 2. The second kappa shape index (κ2) is 7.19. The monoisotopic (exact) mass is 372 g/mol. The van der Waals surface area contributed by atoms with Gasteiger partial charge in [0.25, 0.3) is 0 Å². The maximum Gasteiger partial charge on any atom is 0.408 e. The normalized spacial score (nSPS) is 17.9. The Balaban J connectivity index is 2.22. The summed E-state index contributed by atoms with van der Waals surface area (Å²) in [6.45, 7) is 5.72. The molecule has 132 valence electrons. The van der Waals surface area contributed by atoms with Crippen molar-refractivity contribution in [2.75, 3.05) is 13.1 Å². The van der Waals surface area contributed by atoms with E-state index in [4.69, 9.17) is 23.2 Å². The van der Waals surface area contributed by atoms with Gasteiger partial charge in [0.15, 0.2) is 0 Å². The Hall–Kier alpha value is -1.46. The van der Waals surface area contributed by atoms with Crippen LogP contribution in [0, 0.1) is 0 Å². The highest BCUT2D eigenvalue weighted by molar-refractivity contribution is 6.33. The Morgan fingerprint density at radius 3 is 2.58 bits per heavy atom. The molecular formula is C17H22Cl2N2O3. The summed E-state index contributed by atoms with van der Waals surface area (Å²) in [4.78, 5) is 27.1. The first-order chi connectivity index (χ1) is 11.1. The van der Waals surface area contributed by atoms with Gasteiger partial charge in [-0.1, -0.05) is 23.2 Å². The quantitative estimate of drug-likeness (QED) is 0.852. The Bertz CT molecular complexity index is 643. The van der Waals surface area contributed by atoms with Crippen molar-refractivity contribution in [3.05, 3.63) is 33.8 Å². The molecule has 1 heterocycles. The van der Waals surface area contributed by atoms with Crippen LogP contribution in [0.15, 0.2) is 18.2 Å². The van der Waals surface area contributed by atoms with Crippen molar-refractivity contribution in [1.82, 2.24) is 9.80 Å². The molecule has 0 spiro atoms. The molecule has 0 aromatic heterocycles. The molecule has 0 saturated carbocycles. The summed E-state index contributed by atoms with van der Waals surface area (Å²) in [6, 6.07) is 5.04. The highest BCUT2D eigenvalue weighted by Crippen LogP contribution is 2.37. The van der Waals surface area contributed by atoms with Crippen molar-refractivity contribution in [1.29, 1.82) is 0 Å². The molecule has 1 aromatic carbocycles. The van der Waals surface area contributed by atoms with E-state index in [-0.39, 0.29) is 18.5 Å². The fourth-order valence-corrected chi connectivity index (χ4v) is 3.40. The van der Waals surface area contributed by atoms with Crippen LogP contribution in [0.25, 0.3) is 0 Å². The van der Waals surface area contributed by atoms with E-state index in [1.807, 2.05) is 0 Å². The van der Waals surface area contributed by atoms with Gasteiger partial charge in [-0.15, -0.1) is 0 Å². The smallest absolute Gasteiger partial charge is 0.408 e. The van der Waals surface area contributed by atoms with E-state index in [9.17, 15) is 14.7 Å². The van der Waals surface area contributed by atoms with Gasteiger partial charge in [-0.3, -0.25) is 9.69 Å². The van der Waals surface area contributed by atoms with Crippen LogP contribution < -0.4 is 0 Å². The molecule has 1 fully saturated rings. The predicted octanol–water partition coefficient (Wildman–Crippen LogP) is 4.44. The zero-order valence-electron chi connectivity index (χ0n) is 14.1. The number of hydrogen-bond donors (Lipinski definition) is 1. The SMILES string of the molecule is CC(C)(C)N(CC(=O)N1CCC[C@@H]1c1cc(Cl)ccc1Cl)C(=O)O. The van der Waals surface area contributed by atoms with Gasteiger partial charge in [0.2, 0.25) is 5.91 Å². The Labute approximate surface area is 152 Å². The Kier molecular flexibility index (Phi) is 5.66. The number of halogens is 2. The van der Waals surface area contributed by atoms with Crippen molar-refractivity contribution in [3.63, 3.8) is 0 Å². The van der Waals surface area contributed by atoms with Crippen molar-refractivity contribution in [3.8, 4) is 0 Å². The van der Waals surface area contributed by atoms with Crippen LogP contribution in [0.1, 0.15) is 45.2 Å². The topological polar surface area (TPSA) is 60.9 Å². The summed E-state index contributed by atoms with van der Waals surface area (Å²) in [5.41, 5.74) is 0.164. The highest BCUT2D eigenvalue weighted by atomic mass is 35.5. The van der Waals surface area contributed by atoms with Gasteiger partial charge in [0.05, 0.1) is 6.04 Å². The van der Waals surface area contributed by atoms with E-state index in [0.29, 0.717) is 16.6 Å². The van der Waals surface area contributed by atoms with Gasteiger partial charge in [-0.25, -0.2) is 4.79 Å². The van der Waals surface area contributed by atoms with Crippen molar-refractivity contribution < 1.29 is 14.7 Å². The number of amides is 2. The Morgan fingerprint density at radius 2 is 2.00 bits per heavy atom. The lowest BCUT2D eigenvalue weighted by atomic mass is 10.0. The first kappa shape index (κ1) is 18.9. The Morgan fingerprint density at radius 1 is 1.33 bits per heavy atom. The van der Waals surface area contributed by atoms with Gasteiger partial charge in [0.1, 0.15) is 6.54 Å². The minimum Gasteiger partial charge on any atom is -0.465 e. The molecule has 0 bridgehead atoms. The van der Waals surface area contributed by atoms with Crippen LogP contribution in [0.5, 0.6) is 0 Å². The lowest BCUT2D eigenvalue weighted by Gasteiger charge is -2.35. The largest absolute Gasteiger partial charge is 0.465 e. The molecule has 1 saturated heterocycles. The minimum atomic E-state index is -1.10. The maximum absolute atomic E-state index is 12.7. The third kappa shape index (κ3) is 4.14. The molecule has 1 aliphatic heterocycles. The number of rotatable bonds is 3. The van der Waals surface area contributed by atoms with E-state index in [1.165, 1.54) is 0 Å². The third-order valence-electron chi connectivity index (χ3n) is 4.22. The molecule has 1 N–H and O–H groups in total. The summed E-state index contributed by atoms with van der Waals surface area (Å²) in [6.07, 6.45) is 0.531. The van der Waals surface area contributed by atoms with Crippen LogP contribution >= 0.6 is 23.2 Å². The van der Waals surface area contributed by atoms with E-state index >= 15 is 0 Å². The van der Waals surface area contributed by atoms with Gasteiger partial charge in [0, 0.05) is 22.1 Å². The van der Waals surface area contributed by atoms with E-state index < -0.39 is 11.6 Å².